The number of ether oxygens (including phenoxy) is 1. The molecule has 2 rings (SSSR count). The lowest BCUT2D eigenvalue weighted by molar-refractivity contribution is 0.399. The Morgan fingerprint density at radius 3 is 2.80 bits per heavy atom. The summed E-state index contributed by atoms with van der Waals surface area (Å²) in [6.45, 7) is 5.50. The summed E-state index contributed by atoms with van der Waals surface area (Å²) in [6.07, 6.45) is 1.65. The lowest BCUT2D eigenvalue weighted by Gasteiger charge is -2.17. The molecule has 0 bridgehead atoms. The Labute approximate surface area is 117 Å². The van der Waals surface area contributed by atoms with Gasteiger partial charge in [-0.3, -0.25) is 4.79 Å². The average Bonchev–Trinajstić information content (AvgIpc) is 2.38. The van der Waals surface area contributed by atoms with Gasteiger partial charge in [0.05, 0.1) is 30.1 Å². The average molecular weight is 274 g/mol. The molecule has 2 aromatic heterocycles. The van der Waals surface area contributed by atoms with Crippen molar-refractivity contribution in [1.29, 1.82) is 0 Å². The number of H-pyrrole nitrogens is 1. The van der Waals surface area contributed by atoms with Crippen molar-refractivity contribution in [1.82, 2.24) is 15.0 Å². The van der Waals surface area contributed by atoms with Crippen LogP contribution in [-0.2, 0) is 0 Å². The summed E-state index contributed by atoms with van der Waals surface area (Å²) in [7, 11) is 1.56. The summed E-state index contributed by atoms with van der Waals surface area (Å²) in [5.74, 6) is 1.11. The molecule has 0 aliphatic heterocycles. The Morgan fingerprint density at radius 1 is 1.40 bits per heavy atom. The van der Waals surface area contributed by atoms with Crippen molar-refractivity contribution < 1.29 is 4.74 Å². The van der Waals surface area contributed by atoms with Crippen LogP contribution in [0.5, 0.6) is 5.88 Å². The van der Waals surface area contributed by atoms with Crippen molar-refractivity contribution in [3.05, 3.63) is 45.8 Å². The lowest BCUT2D eigenvalue weighted by atomic mass is 10.1. The molecule has 6 heteroatoms. The van der Waals surface area contributed by atoms with Gasteiger partial charge in [0.2, 0.25) is 5.88 Å². The van der Waals surface area contributed by atoms with Gasteiger partial charge >= 0.3 is 0 Å². The maximum absolute atomic E-state index is 12.1. The van der Waals surface area contributed by atoms with Crippen LogP contribution >= 0.6 is 0 Å². The van der Waals surface area contributed by atoms with Crippen LogP contribution in [0.25, 0.3) is 0 Å². The van der Waals surface area contributed by atoms with Crippen molar-refractivity contribution in [3.63, 3.8) is 0 Å². The fourth-order valence-corrected chi connectivity index (χ4v) is 2.21. The highest BCUT2D eigenvalue weighted by Crippen LogP contribution is 2.25. The molecule has 0 aliphatic rings. The molecule has 20 heavy (non-hydrogen) atoms. The van der Waals surface area contributed by atoms with Crippen LogP contribution in [0, 0.1) is 13.8 Å². The smallest absolute Gasteiger partial charge is 0.256 e. The number of nitrogens with one attached hydrogen (secondary N) is 2. The topological polar surface area (TPSA) is 79.9 Å². The maximum Gasteiger partial charge on any atom is 0.256 e. The third kappa shape index (κ3) is 2.79. The van der Waals surface area contributed by atoms with Gasteiger partial charge in [0.15, 0.2) is 0 Å². The molecule has 0 fully saturated rings. The molecule has 0 radical (unpaired) electrons. The Morgan fingerprint density at radius 2 is 2.15 bits per heavy atom. The Balaban J connectivity index is 2.33. The van der Waals surface area contributed by atoms with Gasteiger partial charge in [-0.2, -0.15) is 0 Å². The van der Waals surface area contributed by atoms with Crippen LogP contribution in [-0.4, -0.2) is 22.1 Å². The molecule has 1 atom stereocenters. The third-order valence-corrected chi connectivity index (χ3v) is 3.03. The first-order chi connectivity index (χ1) is 9.52. The van der Waals surface area contributed by atoms with E-state index >= 15 is 0 Å². The summed E-state index contributed by atoms with van der Waals surface area (Å²) in [4.78, 5) is 23.2. The molecule has 6 nitrogen and oxygen atoms in total. The number of methoxy groups -OCH3 is 1. The standard InChI is InChI=1S/C14H18N4O2/c1-8-12(13(19)18-10(3)16-8)9(2)17-11-6-5-7-15-14(11)20-4/h5-7,9,17H,1-4H3,(H,16,18,19). The van der Waals surface area contributed by atoms with Gasteiger partial charge in [0.25, 0.3) is 5.56 Å². The number of anilines is 1. The normalized spacial score (nSPS) is 12.0. The van der Waals surface area contributed by atoms with Gasteiger partial charge in [-0.05, 0) is 32.9 Å². The quantitative estimate of drug-likeness (QED) is 0.891. The van der Waals surface area contributed by atoms with E-state index in [9.17, 15) is 4.79 Å². The zero-order chi connectivity index (χ0) is 14.7. The molecule has 106 valence electrons. The number of aromatic nitrogens is 3. The predicted octanol–water partition coefficient (Wildman–Crippen LogP) is 1.96. The zero-order valence-electron chi connectivity index (χ0n) is 12.0. The number of hydrogen-bond donors (Lipinski definition) is 2. The van der Waals surface area contributed by atoms with Crippen molar-refractivity contribution >= 4 is 5.69 Å². The number of aromatic amines is 1. The van der Waals surface area contributed by atoms with Crippen LogP contribution < -0.4 is 15.6 Å². The molecule has 2 N–H and O–H groups in total. The van der Waals surface area contributed by atoms with E-state index in [0.717, 1.165) is 5.69 Å². The van der Waals surface area contributed by atoms with Gasteiger partial charge < -0.3 is 15.0 Å². The molecular formula is C14H18N4O2. The molecule has 0 aromatic carbocycles. The van der Waals surface area contributed by atoms with E-state index in [1.807, 2.05) is 26.0 Å². The van der Waals surface area contributed by atoms with E-state index in [1.165, 1.54) is 0 Å². The molecule has 0 amide bonds. The summed E-state index contributed by atoms with van der Waals surface area (Å²) in [5, 5.41) is 3.23. The summed E-state index contributed by atoms with van der Waals surface area (Å²) >= 11 is 0. The molecule has 2 aromatic rings. The van der Waals surface area contributed by atoms with E-state index in [4.69, 9.17) is 4.74 Å². The maximum atomic E-state index is 12.1. The van der Waals surface area contributed by atoms with E-state index < -0.39 is 0 Å². The second kappa shape index (κ2) is 5.73. The Hall–Kier alpha value is -2.37. The third-order valence-electron chi connectivity index (χ3n) is 3.03. The molecular weight excluding hydrogens is 256 g/mol. The summed E-state index contributed by atoms with van der Waals surface area (Å²) in [5.41, 5.74) is 1.94. The van der Waals surface area contributed by atoms with Gasteiger partial charge in [0, 0.05) is 6.20 Å². The molecule has 0 spiro atoms. The highest BCUT2D eigenvalue weighted by molar-refractivity contribution is 5.53. The number of rotatable bonds is 4. The van der Waals surface area contributed by atoms with Crippen molar-refractivity contribution in [2.24, 2.45) is 0 Å². The fourth-order valence-electron chi connectivity index (χ4n) is 2.21. The molecule has 0 saturated heterocycles. The van der Waals surface area contributed by atoms with Crippen LogP contribution in [0.2, 0.25) is 0 Å². The molecule has 0 aliphatic carbocycles. The van der Waals surface area contributed by atoms with Crippen molar-refractivity contribution in [2.75, 3.05) is 12.4 Å². The van der Waals surface area contributed by atoms with E-state index in [2.05, 4.69) is 20.3 Å². The predicted molar refractivity (Wildman–Crippen MR) is 77.2 cm³/mol. The summed E-state index contributed by atoms with van der Waals surface area (Å²) in [6, 6.07) is 3.46. The zero-order valence-corrected chi connectivity index (χ0v) is 12.0. The Bertz CT molecular complexity index is 666. The minimum Gasteiger partial charge on any atom is -0.480 e. The molecule has 1 unspecified atom stereocenters. The van der Waals surface area contributed by atoms with Crippen molar-refractivity contribution in [3.8, 4) is 5.88 Å². The molecule has 0 saturated carbocycles. The second-order valence-corrected chi connectivity index (χ2v) is 4.58. The van der Waals surface area contributed by atoms with Gasteiger partial charge in [-0.1, -0.05) is 0 Å². The summed E-state index contributed by atoms with van der Waals surface area (Å²) < 4.78 is 5.19. The Kier molecular flexibility index (Phi) is 4.02. The molecule has 2 heterocycles. The van der Waals surface area contributed by atoms with E-state index in [0.29, 0.717) is 23.0 Å². The number of aryl methyl sites for hydroxylation is 2. The number of nitrogens with zero attached hydrogens (tertiary/aromatic N) is 2. The van der Waals surface area contributed by atoms with Crippen LogP contribution in [0.3, 0.4) is 0 Å². The first-order valence-corrected chi connectivity index (χ1v) is 6.36. The largest absolute Gasteiger partial charge is 0.480 e. The minimum absolute atomic E-state index is 0.127. The fraction of sp³-hybridized carbons (Fsp3) is 0.357. The van der Waals surface area contributed by atoms with Crippen LogP contribution in [0.4, 0.5) is 5.69 Å². The van der Waals surface area contributed by atoms with Gasteiger partial charge in [-0.15, -0.1) is 0 Å². The lowest BCUT2D eigenvalue weighted by Crippen LogP contribution is -2.23. The van der Waals surface area contributed by atoms with Gasteiger partial charge in [0.1, 0.15) is 5.82 Å². The van der Waals surface area contributed by atoms with E-state index in [-0.39, 0.29) is 11.6 Å². The highest BCUT2D eigenvalue weighted by atomic mass is 16.5. The minimum atomic E-state index is -0.204. The van der Waals surface area contributed by atoms with Crippen LogP contribution in [0.1, 0.15) is 30.0 Å². The monoisotopic (exact) mass is 274 g/mol. The van der Waals surface area contributed by atoms with Crippen LogP contribution in [0.15, 0.2) is 23.1 Å². The first-order valence-electron chi connectivity index (χ1n) is 6.36. The SMILES string of the molecule is COc1ncccc1NC(C)c1c(C)nc(C)[nH]c1=O. The number of hydrogen-bond acceptors (Lipinski definition) is 5. The van der Waals surface area contributed by atoms with Crippen molar-refractivity contribution in [2.45, 2.75) is 26.8 Å². The highest BCUT2D eigenvalue weighted by Gasteiger charge is 2.16. The number of pyridine rings is 1. The van der Waals surface area contributed by atoms with E-state index in [1.54, 1.807) is 20.2 Å². The van der Waals surface area contributed by atoms with Gasteiger partial charge in [-0.25, -0.2) is 9.97 Å². The second-order valence-electron chi connectivity index (χ2n) is 4.58. The first kappa shape index (κ1) is 14.0.